The topological polar surface area (TPSA) is 74.8 Å². The summed E-state index contributed by atoms with van der Waals surface area (Å²) in [6, 6.07) is 22.5. The summed E-state index contributed by atoms with van der Waals surface area (Å²) in [5, 5.41) is 0.799. The molecule has 38 heavy (non-hydrogen) atoms. The van der Waals surface area contributed by atoms with E-state index in [1.807, 2.05) is 42.5 Å². The number of anilines is 2. The third-order valence-corrected chi connectivity index (χ3v) is 9.03. The minimum Gasteiger partial charge on any atom is -0.274 e. The van der Waals surface area contributed by atoms with E-state index in [1.54, 1.807) is 48.5 Å². The second-order valence-electron chi connectivity index (χ2n) is 10.2. The molecule has 3 aromatic carbocycles. The fourth-order valence-corrected chi connectivity index (χ4v) is 7.59. The minimum absolute atomic E-state index is 0.378. The zero-order valence-corrected chi connectivity index (χ0v) is 21.3. The van der Waals surface area contributed by atoms with Crippen LogP contribution in [-0.2, 0) is 24.6 Å². The van der Waals surface area contributed by atoms with E-state index >= 15 is 0 Å². The molecule has 6 nitrogen and oxygen atoms in total. The number of rotatable bonds is 3. The van der Waals surface area contributed by atoms with Crippen LogP contribution in [0, 0.1) is 29.6 Å². The van der Waals surface area contributed by atoms with Crippen LogP contribution >= 0.6 is 23.2 Å². The highest BCUT2D eigenvalue weighted by atomic mass is 35.5. The molecule has 0 unspecified atom stereocenters. The van der Waals surface area contributed by atoms with Gasteiger partial charge in [0.15, 0.2) is 0 Å². The van der Waals surface area contributed by atoms with Crippen LogP contribution in [0.1, 0.15) is 5.56 Å². The van der Waals surface area contributed by atoms with Crippen molar-refractivity contribution >= 4 is 58.2 Å². The van der Waals surface area contributed by atoms with Gasteiger partial charge in [-0.05, 0) is 42.0 Å². The molecule has 188 valence electrons. The molecule has 0 spiro atoms. The Bertz CT molecular complexity index is 1500. The van der Waals surface area contributed by atoms with E-state index in [4.69, 9.17) is 23.2 Å². The second kappa shape index (κ2) is 8.13. The summed E-state index contributed by atoms with van der Waals surface area (Å²) in [6.45, 7) is 0. The maximum Gasteiger partial charge on any atom is 0.238 e. The lowest BCUT2D eigenvalue weighted by Gasteiger charge is -2.53. The Morgan fingerprint density at radius 1 is 0.605 bits per heavy atom. The second-order valence-corrected chi connectivity index (χ2v) is 11.1. The van der Waals surface area contributed by atoms with Crippen LogP contribution in [0.25, 0.3) is 0 Å². The van der Waals surface area contributed by atoms with Gasteiger partial charge in [-0.2, -0.15) is 0 Å². The van der Waals surface area contributed by atoms with E-state index < -0.39 is 35.0 Å². The molecular formula is C30H20Cl2N2O4. The Kier molecular flexibility index (Phi) is 5.00. The van der Waals surface area contributed by atoms with E-state index in [-0.39, 0.29) is 23.6 Å². The first-order valence-corrected chi connectivity index (χ1v) is 13.1. The summed E-state index contributed by atoms with van der Waals surface area (Å²) in [6.07, 6.45) is 3.77. The van der Waals surface area contributed by atoms with Crippen molar-refractivity contribution in [1.29, 1.82) is 0 Å². The maximum absolute atomic E-state index is 14.2. The highest BCUT2D eigenvalue weighted by Crippen LogP contribution is 2.65. The first kappa shape index (κ1) is 23.4. The van der Waals surface area contributed by atoms with Crippen molar-refractivity contribution < 1.29 is 19.2 Å². The van der Waals surface area contributed by atoms with Crippen molar-refractivity contribution in [2.45, 2.75) is 5.41 Å². The number of nitrogens with zero attached hydrogens (tertiary/aromatic N) is 2. The smallest absolute Gasteiger partial charge is 0.238 e. The normalized spacial score (nSPS) is 31.3. The van der Waals surface area contributed by atoms with E-state index in [0.717, 1.165) is 5.56 Å². The molecule has 8 heteroatoms. The standard InChI is InChI=1S/C30H20Cl2N2O4/c31-17-8-4-10-19(14-17)33-26(35)22-21-12-13-30(24(22)28(33)37,16-6-2-1-3-7-16)25-23(21)27(36)34(29(25)38)20-11-5-9-18(32)15-20/h1-15,21-25H/t21?,22-,23-,24+,25+,30?/m1/s1. The highest BCUT2D eigenvalue weighted by Gasteiger charge is 2.75. The van der Waals surface area contributed by atoms with Crippen LogP contribution < -0.4 is 9.80 Å². The quantitative estimate of drug-likeness (QED) is 0.343. The Morgan fingerprint density at radius 2 is 1.11 bits per heavy atom. The fraction of sp³-hybridized carbons (Fsp3) is 0.200. The van der Waals surface area contributed by atoms with E-state index in [2.05, 4.69) is 0 Å². The Morgan fingerprint density at radius 3 is 1.58 bits per heavy atom. The average molecular weight is 543 g/mol. The Hall–Kier alpha value is -3.74. The molecule has 4 amide bonds. The average Bonchev–Trinajstić information content (AvgIpc) is 3.36. The van der Waals surface area contributed by atoms with Crippen LogP contribution in [0.15, 0.2) is 91.0 Å². The van der Waals surface area contributed by atoms with Gasteiger partial charge in [0, 0.05) is 21.4 Å². The maximum atomic E-state index is 14.2. The summed E-state index contributed by atoms with van der Waals surface area (Å²) >= 11 is 12.4. The van der Waals surface area contributed by atoms with Gasteiger partial charge >= 0.3 is 0 Å². The molecule has 3 fully saturated rings. The predicted molar refractivity (Wildman–Crippen MR) is 143 cm³/mol. The zero-order valence-electron chi connectivity index (χ0n) is 19.8. The van der Waals surface area contributed by atoms with Gasteiger partial charge in [-0.25, -0.2) is 9.80 Å². The molecule has 2 bridgehead atoms. The lowest BCUT2D eigenvalue weighted by molar-refractivity contribution is -0.140. The minimum atomic E-state index is -1.18. The van der Waals surface area contributed by atoms with Gasteiger partial charge in [0.25, 0.3) is 0 Å². The van der Waals surface area contributed by atoms with Gasteiger partial charge in [0.2, 0.25) is 23.6 Å². The van der Waals surface area contributed by atoms with Crippen molar-refractivity contribution in [3.05, 3.63) is 107 Å². The van der Waals surface area contributed by atoms with E-state index in [1.165, 1.54) is 9.80 Å². The molecular weight excluding hydrogens is 523 g/mol. The molecule has 0 radical (unpaired) electrons. The van der Waals surface area contributed by atoms with Crippen LogP contribution in [0.3, 0.4) is 0 Å². The van der Waals surface area contributed by atoms with Gasteiger partial charge in [-0.1, -0.05) is 77.8 Å². The third-order valence-electron chi connectivity index (χ3n) is 8.56. The molecule has 2 saturated heterocycles. The van der Waals surface area contributed by atoms with Gasteiger partial charge < -0.3 is 0 Å². The number of hydrogen-bond acceptors (Lipinski definition) is 4. The third kappa shape index (κ3) is 2.90. The number of halogens is 2. The molecule has 8 rings (SSSR count). The van der Waals surface area contributed by atoms with Gasteiger partial charge in [-0.15, -0.1) is 0 Å². The summed E-state index contributed by atoms with van der Waals surface area (Å²) in [4.78, 5) is 58.8. The number of hydrogen-bond donors (Lipinski definition) is 0. The van der Waals surface area contributed by atoms with Crippen LogP contribution in [-0.4, -0.2) is 23.6 Å². The highest BCUT2D eigenvalue weighted by molar-refractivity contribution is 6.32. The fourth-order valence-electron chi connectivity index (χ4n) is 7.22. The Balaban J connectivity index is 1.43. The van der Waals surface area contributed by atoms with Crippen LogP contribution in [0.4, 0.5) is 11.4 Å². The van der Waals surface area contributed by atoms with Crippen molar-refractivity contribution in [3.8, 4) is 0 Å². The molecule has 3 aromatic rings. The molecule has 2 aliphatic heterocycles. The molecule has 0 aromatic heterocycles. The van der Waals surface area contributed by atoms with Crippen molar-refractivity contribution in [2.24, 2.45) is 29.6 Å². The summed E-state index contributed by atoms with van der Waals surface area (Å²) in [7, 11) is 0. The van der Waals surface area contributed by atoms with E-state index in [0.29, 0.717) is 21.4 Å². The zero-order chi connectivity index (χ0) is 26.3. The molecule has 2 heterocycles. The monoisotopic (exact) mass is 542 g/mol. The predicted octanol–water partition coefficient (Wildman–Crippen LogP) is 5.04. The molecule has 0 N–H and O–H groups in total. The molecule has 1 saturated carbocycles. The SMILES string of the molecule is O=C1[C@@H]2C3C=CC(c4ccccc4)([C@@H]2C(=O)N1c1cccc(Cl)c1)[C@@H]1C(=O)N(c2cccc(Cl)c2)C(=O)[C@H]31. The van der Waals surface area contributed by atoms with E-state index in [9.17, 15) is 19.2 Å². The number of benzene rings is 3. The molecule has 4 atom stereocenters. The van der Waals surface area contributed by atoms with Crippen LogP contribution in [0.5, 0.6) is 0 Å². The molecule has 3 aliphatic carbocycles. The summed E-state index contributed by atoms with van der Waals surface area (Å²) in [5.41, 5.74) is 0.314. The van der Waals surface area contributed by atoms with Gasteiger partial charge in [0.05, 0.1) is 35.0 Å². The first-order valence-electron chi connectivity index (χ1n) is 12.4. The van der Waals surface area contributed by atoms with Crippen LogP contribution in [0.2, 0.25) is 10.0 Å². The number of carbonyl (C=O) groups excluding carboxylic acids is 4. The molecule has 5 aliphatic rings. The van der Waals surface area contributed by atoms with Gasteiger partial charge in [0.1, 0.15) is 0 Å². The lowest BCUT2D eigenvalue weighted by Crippen LogP contribution is -2.60. The van der Waals surface area contributed by atoms with Gasteiger partial charge in [-0.3, -0.25) is 19.2 Å². The largest absolute Gasteiger partial charge is 0.274 e. The van der Waals surface area contributed by atoms with Crippen molar-refractivity contribution in [1.82, 2.24) is 0 Å². The van der Waals surface area contributed by atoms with Crippen molar-refractivity contribution in [3.63, 3.8) is 0 Å². The number of carbonyl (C=O) groups is 4. The number of imide groups is 2. The Labute approximate surface area is 228 Å². The summed E-state index contributed by atoms with van der Waals surface area (Å²) in [5.74, 6) is -5.40. The lowest BCUT2D eigenvalue weighted by atomic mass is 9.45. The number of amides is 4. The first-order chi connectivity index (χ1) is 18.3. The number of allylic oxidation sites excluding steroid dienone is 2. The van der Waals surface area contributed by atoms with Crippen molar-refractivity contribution in [2.75, 3.05) is 9.80 Å². The summed E-state index contributed by atoms with van der Waals surface area (Å²) < 4.78 is 0.